The minimum atomic E-state index is -5.33. The highest BCUT2D eigenvalue weighted by Gasteiger charge is 2.26. The van der Waals surface area contributed by atoms with Gasteiger partial charge < -0.3 is 21.7 Å². The van der Waals surface area contributed by atoms with E-state index in [2.05, 4.69) is 63.7 Å². The second-order valence-corrected chi connectivity index (χ2v) is 23.2. The summed E-state index contributed by atoms with van der Waals surface area (Å²) < 4.78 is 169. The van der Waals surface area contributed by atoms with E-state index in [4.69, 9.17) is 42.3 Å². The third kappa shape index (κ3) is 16.3. The summed E-state index contributed by atoms with van der Waals surface area (Å²) in [5.41, 5.74) is 9.02. The number of anilines is 6. The predicted octanol–water partition coefficient (Wildman–Crippen LogP) is 5.71. The summed E-state index contributed by atoms with van der Waals surface area (Å²) in [5, 5.41) is 42.1. The fraction of sp³-hybridized carbons (Fsp3) is 0.182. The van der Waals surface area contributed by atoms with Gasteiger partial charge in [0.15, 0.2) is 32.0 Å². The lowest BCUT2D eigenvalue weighted by Gasteiger charge is -2.22. The first-order valence-corrected chi connectivity index (χ1v) is 28.3. The topological polar surface area (TPSA) is 483 Å². The van der Waals surface area contributed by atoms with Gasteiger partial charge >= 0.3 is 10.4 Å². The Bertz CT molecular complexity index is 3490. The average molecular weight is 1180 g/mol. The lowest BCUT2D eigenvalue weighted by atomic mass is 10.2. The molecule has 0 bridgehead atoms. The molecule has 0 spiro atoms. The smallest absolute Gasteiger partial charge is 0.396 e. The molecule has 73 heavy (non-hydrogen) atoms. The minimum Gasteiger partial charge on any atom is -0.396 e. The maximum Gasteiger partial charge on any atom is 0.397 e. The van der Waals surface area contributed by atoms with Crippen LogP contribution in [0, 0.1) is 0 Å². The van der Waals surface area contributed by atoms with Gasteiger partial charge in [-0.25, -0.2) is 31.5 Å². The number of sulfone groups is 2. The molecule has 1 heterocycles. The predicted molar refractivity (Wildman–Crippen MR) is 254 cm³/mol. The van der Waals surface area contributed by atoms with E-state index in [1.807, 2.05) is 0 Å². The first-order valence-electron chi connectivity index (χ1n) is 19.0. The van der Waals surface area contributed by atoms with E-state index in [0.29, 0.717) is 29.9 Å². The molecule has 0 fully saturated rings. The van der Waals surface area contributed by atoms with Gasteiger partial charge in [-0.3, -0.25) is 17.8 Å². The molecule has 32 nitrogen and oxygen atoms in total. The van der Waals surface area contributed by atoms with Gasteiger partial charge in [0.25, 0.3) is 20.2 Å². The monoisotopic (exact) mass is 1180 g/mol. The van der Waals surface area contributed by atoms with E-state index < -0.39 is 112 Å². The van der Waals surface area contributed by atoms with Crippen LogP contribution in [0.25, 0.3) is 0 Å². The van der Waals surface area contributed by atoms with E-state index in [9.17, 15) is 51.2 Å². The van der Waals surface area contributed by atoms with Crippen LogP contribution in [0.2, 0.25) is 5.28 Å². The number of benzene rings is 4. The third-order valence-corrected chi connectivity index (χ3v) is 15.6. The molecule has 0 saturated carbocycles. The van der Waals surface area contributed by atoms with Crippen LogP contribution in [0.15, 0.2) is 112 Å². The van der Waals surface area contributed by atoms with Crippen LogP contribution in [0.1, 0.15) is 6.92 Å². The second-order valence-electron chi connectivity index (χ2n) is 13.5. The summed E-state index contributed by atoms with van der Waals surface area (Å²) in [4.78, 5) is 11.1. The Morgan fingerprint density at radius 1 is 0.699 bits per heavy atom. The fourth-order valence-corrected chi connectivity index (χ4v) is 10.6. The molecule has 0 unspecified atom stereocenters. The van der Waals surface area contributed by atoms with Crippen LogP contribution in [-0.2, 0) is 77.4 Å². The van der Waals surface area contributed by atoms with Crippen molar-refractivity contribution in [2.75, 3.05) is 52.9 Å². The summed E-state index contributed by atoms with van der Waals surface area (Å²) in [6, 6.07) is 12.3. The van der Waals surface area contributed by atoms with Crippen LogP contribution in [0.4, 0.5) is 57.4 Å². The molecule has 40 heteroatoms. The Morgan fingerprint density at radius 2 is 1.34 bits per heavy atom. The van der Waals surface area contributed by atoms with Crippen LogP contribution < -0.4 is 21.7 Å². The number of halogens is 1. The summed E-state index contributed by atoms with van der Waals surface area (Å²) in [6.45, 7) is 0.456. The molecule has 4 aromatic carbocycles. The van der Waals surface area contributed by atoms with Crippen LogP contribution in [0.5, 0.6) is 0 Å². The van der Waals surface area contributed by atoms with Crippen molar-refractivity contribution in [3.8, 4) is 0 Å². The zero-order valence-corrected chi connectivity index (χ0v) is 42.6. The van der Waals surface area contributed by atoms with Crippen LogP contribution in [0.3, 0.4) is 0 Å². The van der Waals surface area contributed by atoms with E-state index >= 15 is 0 Å². The van der Waals surface area contributed by atoms with Crippen molar-refractivity contribution in [2.45, 2.75) is 31.4 Å². The number of nitrogens with zero attached hydrogens (tertiary/aromatic N) is 8. The molecule has 0 aliphatic rings. The van der Waals surface area contributed by atoms with Gasteiger partial charge in [-0.15, -0.1) is 29.1 Å². The second kappa shape index (κ2) is 24.7. The van der Waals surface area contributed by atoms with Gasteiger partial charge in [-0.1, -0.05) is 16.1 Å². The zero-order chi connectivity index (χ0) is 53.9. The number of nitrogen functional groups attached to an aromatic ring is 2. The van der Waals surface area contributed by atoms with E-state index in [1.165, 1.54) is 41.3 Å². The molecule has 10 N–H and O–H groups in total. The van der Waals surface area contributed by atoms with Crippen molar-refractivity contribution in [2.24, 2.45) is 20.5 Å². The Labute approximate surface area is 426 Å². The maximum atomic E-state index is 13.0. The first-order chi connectivity index (χ1) is 34.2. The van der Waals surface area contributed by atoms with Crippen LogP contribution >= 0.6 is 36.0 Å². The molecule has 0 atom stereocenters. The van der Waals surface area contributed by atoms with Gasteiger partial charge in [-0.2, -0.15) is 40.2 Å². The lowest BCUT2D eigenvalue weighted by Crippen LogP contribution is -2.20. The fourth-order valence-electron chi connectivity index (χ4n) is 5.68. The van der Waals surface area contributed by atoms with Crippen molar-refractivity contribution in [3.05, 3.63) is 72.0 Å². The average Bonchev–Trinajstić information content (AvgIpc) is 3.29. The summed E-state index contributed by atoms with van der Waals surface area (Å²) >= 11 is 6.89. The molecule has 0 amide bonds. The van der Waals surface area contributed by atoms with E-state index in [0.717, 1.165) is 12.1 Å². The molecule has 1 aromatic heterocycles. The molecule has 0 radical (unpaired) electrons. The van der Waals surface area contributed by atoms with Crippen LogP contribution in [-0.4, -0.2) is 112 Å². The van der Waals surface area contributed by atoms with E-state index in [-0.39, 0.29) is 63.8 Å². The molecule has 396 valence electrons. The number of hydrogen-bond acceptors (Lipinski definition) is 31. The van der Waals surface area contributed by atoms with Gasteiger partial charge in [0, 0.05) is 17.9 Å². The summed E-state index contributed by atoms with van der Waals surface area (Å²) in [7, 11) is -24.1. The quantitative estimate of drug-likeness (QED) is 0.00625. The normalized spacial score (nSPS) is 12.8. The van der Waals surface area contributed by atoms with Crippen molar-refractivity contribution < 1.29 is 93.4 Å². The highest BCUT2D eigenvalue weighted by Crippen LogP contribution is 2.44. The van der Waals surface area contributed by atoms with Crippen molar-refractivity contribution >= 4 is 144 Å². The van der Waals surface area contributed by atoms with Crippen molar-refractivity contribution in [1.29, 1.82) is 0 Å². The number of nitrogens with one attached hydrogen (secondary N) is 1. The summed E-state index contributed by atoms with van der Waals surface area (Å²) in [5.74, 6) is -1.81. The molecule has 0 aliphatic carbocycles. The first kappa shape index (κ1) is 58.5. The standard InChI is InChI=1S/C33H34ClN11O21S7/c1-2-45(19-4-3-5-20(15-19)69(48,49)12-10-61-68-66-64-47)33-39-31(34)38-32(40-33)37-18-6-9-25(67-65-63-46)23(14-18)42-44-30-28(35)24(17-27(29(30)36)72(55,56)57)43-41-22-8-7-21(16-26(22)71(52,53)54)70(50,51)13-11-62-73(58,59)60/h3-9,14-17,46-47H,2,10-13,35-36H2,1H3,(H,52,53,54)(H,55,56,57)(H,58,59,60)(H,37,38,39,40)/b43-41+,44-42+. The Kier molecular flexibility index (Phi) is 19.8. The zero-order valence-electron chi connectivity index (χ0n) is 36.1. The molecular formula is C33H34ClN11O21S7. The third-order valence-electron chi connectivity index (χ3n) is 8.83. The van der Waals surface area contributed by atoms with Gasteiger partial charge in [0.1, 0.15) is 32.5 Å². The number of nitrogens with two attached hydrogens (primary N) is 2. The van der Waals surface area contributed by atoms with Gasteiger partial charge in [0.2, 0.25) is 17.2 Å². The van der Waals surface area contributed by atoms with Crippen molar-refractivity contribution in [3.63, 3.8) is 0 Å². The largest absolute Gasteiger partial charge is 0.397 e. The molecule has 0 saturated heterocycles. The molecule has 5 aromatic rings. The van der Waals surface area contributed by atoms with E-state index in [1.54, 1.807) is 13.0 Å². The minimum absolute atomic E-state index is 0.0275. The Hall–Kier alpha value is -5.41. The van der Waals surface area contributed by atoms with Gasteiger partial charge in [-0.05, 0) is 79.2 Å². The Morgan fingerprint density at radius 3 is 1.99 bits per heavy atom. The Balaban J connectivity index is 1.50. The highest BCUT2D eigenvalue weighted by molar-refractivity contribution is 7.94. The molecule has 5 rings (SSSR count). The lowest BCUT2D eigenvalue weighted by molar-refractivity contribution is -0.434. The number of rotatable bonds is 26. The number of aromatic nitrogens is 3. The molecule has 0 aliphatic heterocycles. The maximum absolute atomic E-state index is 13.0. The number of hydrogen-bond donors (Lipinski definition) is 8. The highest BCUT2D eigenvalue weighted by atomic mass is 35.5. The summed E-state index contributed by atoms with van der Waals surface area (Å²) in [6.07, 6.45) is 0. The molecular weight excluding hydrogens is 1150 g/mol. The SMILES string of the molecule is CCN(c1cccc(S(=O)(=O)CCOSOOO)c1)c1nc(Cl)nc(Nc2ccc(SOOO)c(/N=N/c3c(N)c(/N=N/c4ccc(S(=O)(=O)CCOS(=O)(=O)O)cc4S(=O)(=O)O)cc(S(=O)(=O)O)c3N)c2)n1. The van der Waals surface area contributed by atoms with Crippen molar-refractivity contribution in [1.82, 2.24) is 15.0 Å². The number of azo groups is 2. The van der Waals surface area contributed by atoms with Gasteiger partial charge in [0.05, 0.1) is 62.8 Å².